The number of rotatable bonds is 13. The summed E-state index contributed by atoms with van der Waals surface area (Å²) >= 11 is 0. The molecule has 0 bridgehead atoms. The molecule has 12 rings (SSSR count). The topological polar surface area (TPSA) is 342 Å². The van der Waals surface area contributed by atoms with Crippen LogP contribution >= 0.6 is 0 Å². The number of hydrogen-bond acceptors (Lipinski definition) is 16. The highest BCUT2D eigenvalue weighted by Crippen LogP contribution is 2.81. The maximum atomic E-state index is 15.3. The van der Waals surface area contributed by atoms with Crippen LogP contribution in [0.5, 0.6) is 0 Å². The van der Waals surface area contributed by atoms with Crippen molar-refractivity contribution < 1.29 is 65.0 Å². The quantitative estimate of drug-likeness (QED) is 0.0770. The second-order valence-electron chi connectivity index (χ2n) is 28.8. The Morgan fingerprint density at radius 1 is 0.877 bits per heavy atom. The minimum Gasteiger partial charge on any atom is -0.481 e. The van der Waals surface area contributed by atoms with Crippen LogP contribution in [0.3, 0.4) is 0 Å². The number of aromatic nitrogens is 4. The number of anilines is 1. The fraction of sp³-hybridized carbons (Fsp3) is 0.836. The number of nitrogens with two attached hydrogens (primary N) is 1. The van der Waals surface area contributed by atoms with Crippen molar-refractivity contribution in [3.63, 3.8) is 0 Å². The lowest BCUT2D eigenvalue weighted by atomic mass is 9.27. The van der Waals surface area contributed by atoms with E-state index in [1.54, 1.807) is 12.5 Å². The highest BCUT2D eigenvalue weighted by atomic mass is 16.7. The van der Waals surface area contributed by atoms with Gasteiger partial charge < -0.3 is 81.8 Å². The monoisotopic (exact) mass is 1130 g/mol. The van der Waals surface area contributed by atoms with Crippen LogP contribution in [0.2, 0.25) is 0 Å². The summed E-state index contributed by atoms with van der Waals surface area (Å²) in [5.74, 6) is -3.59. The SMILES string of the molecule is C[C@]1(CO)CC[C@@]2(C(=O)O)[C@@H](C1)C1=CC[C@@H]3[C@@]4(C5CCCCC5)[C@H](C[C@@H]5[C@@H]([C@@H](c6cnc[nH]6)[C@H](O)C[C@@H](N)O)NC(=O)C56CCCC6)[C@@H](O)[C@@H](O[C@@H]5OC[C@@H](O)[C@H](O)[C@H]5O)[C@@](C)(CO)[C@H]4CC[C@@]3(C)[C@]1(C)[C@H]1Cc3[nH]cnc3NC[C@@H]12. The zero-order valence-electron chi connectivity index (χ0n) is 47.9. The first-order valence-corrected chi connectivity index (χ1v) is 30.9. The van der Waals surface area contributed by atoms with Crippen molar-refractivity contribution in [3.05, 3.63) is 41.9 Å². The molecule has 6 saturated carbocycles. The number of aliphatic carboxylic acids is 1. The van der Waals surface area contributed by atoms with Crippen molar-refractivity contribution in [1.82, 2.24) is 25.3 Å². The van der Waals surface area contributed by atoms with E-state index in [4.69, 9.17) is 20.2 Å². The number of nitrogens with one attached hydrogen (secondary N) is 4. The van der Waals surface area contributed by atoms with E-state index >= 15 is 4.79 Å². The summed E-state index contributed by atoms with van der Waals surface area (Å²) in [4.78, 5) is 45.7. The molecule has 0 radical (unpaired) electrons. The smallest absolute Gasteiger partial charge is 0.310 e. The third kappa shape index (κ3) is 8.27. The largest absolute Gasteiger partial charge is 0.481 e. The van der Waals surface area contributed by atoms with Crippen molar-refractivity contribution in [1.29, 1.82) is 0 Å². The van der Waals surface area contributed by atoms with Crippen LogP contribution in [0.25, 0.3) is 0 Å². The first-order chi connectivity index (χ1) is 38.6. The number of ether oxygens (including phenoxy) is 2. The number of carboxylic acid groups (broad SMARTS) is 1. The second kappa shape index (κ2) is 20.9. The number of allylic oxidation sites excluding steroid dienone is 2. The zero-order chi connectivity index (χ0) is 57.4. The molecule has 7 aliphatic carbocycles. The molecule has 8 fully saturated rings. The fourth-order valence-corrected chi connectivity index (χ4v) is 21.8. The summed E-state index contributed by atoms with van der Waals surface area (Å²) in [6, 6.07) is -0.715. The highest BCUT2D eigenvalue weighted by molar-refractivity contribution is 5.86. The summed E-state index contributed by atoms with van der Waals surface area (Å²) in [6.07, 6.45) is 7.49. The molecule has 15 N–H and O–H groups in total. The minimum absolute atomic E-state index is 0.00341. The molecule has 2 saturated heterocycles. The molecule has 1 spiro atoms. The van der Waals surface area contributed by atoms with E-state index in [1.807, 2.05) is 6.92 Å². The van der Waals surface area contributed by atoms with Crippen molar-refractivity contribution in [2.24, 2.45) is 91.0 Å². The minimum atomic E-state index is -1.68. The summed E-state index contributed by atoms with van der Waals surface area (Å²) in [7, 11) is 0. The van der Waals surface area contributed by atoms with Gasteiger partial charge in [0.2, 0.25) is 5.91 Å². The van der Waals surface area contributed by atoms with Crippen molar-refractivity contribution in [2.45, 2.75) is 204 Å². The number of fused-ring (bicyclic) bond motifs is 11. The van der Waals surface area contributed by atoms with Gasteiger partial charge in [0.05, 0.1) is 60.7 Å². The van der Waals surface area contributed by atoms with Crippen LogP contribution in [-0.2, 0) is 25.5 Å². The van der Waals surface area contributed by atoms with Gasteiger partial charge in [-0.15, -0.1) is 0 Å². The Bertz CT molecular complexity index is 2660. The molecule has 23 atom stereocenters. The predicted octanol–water partition coefficient (Wildman–Crippen LogP) is 3.84. The van der Waals surface area contributed by atoms with E-state index in [-0.39, 0.29) is 61.0 Å². The van der Waals surface area contributed by atoms with E-state index in [2.05, 4.69) is 52.4 Å². The Labute approximate surface area is 475 Å². The van der Waals surface area contributed by atoms with Gasteiger partial charge in [0.25, 0.3) is 0 Å². The van der Waals surface area contributed by atoms with Gasteiger partial charge in [0, 0.05) is 48.8 Å². The van der Waals surface area contributed by atoms with Gasteiger partial charge in [-0.3, -0.25) is 9.59 Å². The molecule has 10 aliphatic rings. The number of aliphatic hydroxyl groups excluding tert-OH is 8. The van der Waals surface area contributed by atoms with Gasteiger partial charge in [-0.25, -0.2) is 9.97 Å². The molecule has 2 aromatic heterocycles. The maximum absolute atomic E-state index is 15.3. The Balaban J connectivity index is 1.10. The van der Waals surface area contributed by atoms with Gasteiger partial charge in [-0.05, 0) is 146 Å². The lowest BCUT2D eigenvalue weighted by Crippen LogP contribution is -2.76. The Morgan fingerprint density at radius 2 is 1.63 bits per heavy atom. The fourth-order valence-electron chi connectivity index (χ4n) is 21.8. The molecule has 3 aliphatic heterocycles. The third-order valence-corrected chi connectivity index (χ3v) is 25.7. The number of carbonyl (C=O) groups excluding carboxylic acids is 1. The van der Waals surface area contributed by atoms with Crippen LogP contribution in [-0.4, -0.2) is 159 Å². The van der Waals surface area contributed by atoms with Crippen molar-refractivity contribution in [3.8, 4) is 0 Å². The molecule has 0 unspecified atom stereocenters. The first-order valence-electron chi connectivity index (χ1n) is 30.9. The molecule has 20 heteroatoms. The number of hydrogen-bond donors (Lipinski definition) is 14. The Hall–Kier alpha value is -3.54. The van der Waals surface area contributed by atoms with Gasteiger partial charge in [-0.2, -0.15) is 0 Å². The summed E-state index contributed by atoms with van der Waals surface area (Å²) in [5.41, 5.74) is 2.92. The van der Waals surface area contributed by atoms with E-state index in [9.17, 15) is 50.8 Å². The first kappa shape index (κ1) is 57.9. The number of nitrogens with zero attached hydrogens (tertiary/aromatic N) is 2. The molecule has 5 heterocycles. The molecule has 450 valence electrons. The number of H-pyrrole nitrogens is 2. The van der Waals surface area contributed by atoms with E-state index < -0.39 is 123 Å². The molecule has 0 aromatic carbocycles. The summed E-state index contributed by atoms with van der Waals surface area (Å²) in [5, 5.41) is 113. The van der Waals surface area contributed by atoms with Gasteiger partial charge in [0.1, 0.15) is 30.4 Å². The van der Waals surface area contributed by atoms with Crippen molar-refractivity contribution in [2.75, 3.05) is 31.7 Å². The average Bonchev–Trinajstić information content (AvgIpc) is 1.01. The number of carbonyl (C=O) groups is 2. The standard InChI is InChI=1S/C61H93N7O13/c1-55(27-69)18-19-60(54(78)79)36(23-55)32-12-13-43-57(3,58(32,4)33-21-38-51(67-30-66-38)64-24-37(33)60)17-14-42-56(2,28-70)50(81-52-49(76)48(75)41(72)26-80-52)47(74)35(61(42,43)31-10-6-5-7-11-31)20-34-46(68-53(77)59(34)15-8-9-16-59)45(39-25-63-29-65-39)40(71)22-44(62)73/h12,25,29-31,33-37,40-50,52,64,69-76H,5-11,13-24,26-28,62H2,1-4H3,(H,63,65)(H,66,67)(H,68,77)(H,78,79)/t33-,34+,35+,36-,37-,40+,41+,42+,43-,44-,45-,46-,47+,48-,49+,50+,52-,55-,56-,57+,58-,60+,61-/m0/s1. The van der Waals surface area contributed by atoms with E-state index in [0.717, 1.165) is 62.0 Å². The zero-order valence-corrected chi connectivity index (χ0v) is 47.9. The van der Waals surface area contributed by atoms with E-state index in [1.165, 1.54) is 6.33 Å². The van der Waals surface area contributed by atoms with Crippen molar-refractivity contribution >= 4 is 17.7 Å². The van der Waals surface area contributed by atoms with Crippen LogP contribution in [0.15, 0.2) is 30.5 Å². The predicted molar refractivity (Wildman–Crippen MR) is 295 cm³/mol. The molecule has 2 aromatic rings. The number of amides is 1. The average molecular weight is 1130 g/mol. The molecule has 1 amide bonds. The molecular formula is C61H93N7O13. The van der Waals surface area contributed by atoms with Crippen LogP contribution in [0, 0.1) is 85.2 Å². The number of aromatic amines is 2. The number of aliphatic hydroxyl groups is 8. The van der Waals surface area contributed by atoms with E-state index in [0.29, 0.717) is 76.4 Å². The molecular weight excluding hydrogens is 1040 g/mol. The highest BCUT2D eigenvalue weighted by Gasteiger charge is 2.79. The number of imidazole rings is 2. The van der Waals surface area contributed by atoms with Crippen LogP contribution in [0.4, 0.5) is 5.82 Å². The Morgan fingerprint density at radius 3 is 2.31 bits per heavy atom. The third-order valence-electron chi connectivity index (χ3n) is 25.7. The van der Waals surface area contributed by atoms with Crippen LogP contribution in [0.1, 0.15) is 154 Å². The maximum Gasteiger partial charge on any atom is 0.310 e. The van der Waals surface area contributed by atoms with Crippen LogP contribution < -0.4 is 16.4 Å². The van der Waals surface area contributed by atoms with Gasteiger partial charge >= 0.3 is 5.97 Å². The second-order valence-corrected chi connectivity index (χ2v) is 28.8. The van der Waals surface area contributed by atoms with Gasteiger partial charge in [0.15, 0.2) is 6.29 Å². The normalized spacial score (nSPS) is 46.7. The lowest BCUT2D eigenvalue weighted by Gasteiger charge is -2.77. The molecule has 81 heavy (non-hydrogen) atoms. The van der Waals surface area contributed by atoms with Gasteiger partial charge in [-0.1, -0.05) is 71.4 Å². The summed E-state index contributed by atoms with van der Waals surface area (Å²) in [6.45, 7) is 8.60. The Kier molecular flexibility index (Phi) is 14.9. The lowest BCUT2D eigenvalue weighted by molar-refractivity contribution is -0.351. The molecule has 20 nitrogen and oxygen atoms in total. The number of carboxylic acids is 1. The summed E-state index contributed by atoms with van der Waals surface area (Å²) < 4.78 is 13.0.